The van der Waals surface area contributed by atoms with Crippen molar-refractivity contribution in [1.29, 1.82) is 0 Å². The average Bonchev–Trinajstić information content (AvgIpc) is 3.03. The van der Waals surface area contributed by atoms with E-state index in [0.717, 1.165) is 60.3 Å². The molecule has 0 spiro atoms. The van der Waals surface area contributed by atoms with Gasteiger partial charge in [0, 0.05) is 23.8 Å². The van der Waals surface area contributed by atoms with Crippen LogP contribution >= 0.6 is 0 Å². The highest BCUT2D eigenvalue weighted by Gasteiger charge is 2.20. The zero-order valence-electron chi connectivity index (χ0n) is 23.9. The Kier molecular flexibility index (Phi) is 8.50. The number of rotatable bonds is 10. The molecule has 3 aromatic heterocycles. The molecule has 0 aliphatic heterocycles. The van der Waals surface area contributed by atoms with Gasteiger partial charge in [-0.05, 0) is 96.5 Å². The van der Waals surface area contributed by atoms with Crippen LogP contribution in [0.2, 0.25) is 0 Å². The minimum Gasteiger partial charge on any atom is -0.279 e. The monoisotopic (exact) mass is 527 g/mol. The normalized spacial score (nSPS) is 10.9. The summed E-state index contributed by atoms with van der Waals surface area (Å²) >= 11 is 0. The van der Waals surface area contributed by atoms with Crippen LogP contribution in [-0.2, 0) is 25.7 Å². The number of anilines is 6. The lowest BCUT2D eigenvalue weighted by atomic mass is 10.1. The van der Waals surface area contributed by atoms with Gasteiger partial charge in [0.1, 0.15) is 23.3 Å². The molecule has 202 valence electrons. The molecular weight excluding hydrogens is 490 g/mol. The molecule has 5 rings (SSSR count). The Balaban J connectivity index is 1.63. The SMILES string of the molecule is CCc1ccc(N(c2ccc(CC)cn2)c2cccc(N(c3ccc(CC)cc3)c3ccc(CC)cn3)n2)cc1. The first kappa shape index (κ1) is 27.1. The summed E-state index contributed by atoms with van der Waals surface area (Å²) in [5.41, 5.74) is 7.03. The number of pyridine rings is 3. The third kappa shape index (κ3) is 5.89. The summed E-state index contributed by atoms with van der Waals surface area (Å²) < 4.78 is 0. The van der Waals surface area contributed by atoms with Gasteiger partial charge in [0.05, 0.1) is 0 Å². The molecule has 3 heterocycles. The molecule has 5 aromatic rings. The molecule has 0 amide bonds. The third-order valence-corrected chi connectivity index (χ3v) is 7.28. The van der Waals surface area contributed by atoms with Crippen LogP contribution in [0.25, 0.3) is 0 Å². The number of hydrogen-bond donors (Lipinski definition) is 0. The Morgan fingerprint density at radius 1 is 0.425 bits per heavy atom. The predicted octanol–water partition coefficient (Wildman–Crippen LogP) is 9.06. The summed E-state index contributed by atoms with van der Waals surface area (Å²) in [4.78, 5) is 19.1. The highest BCUT2D eigenvalue weighted by Crippen LogP contribution is 2.37. The van der Waals surface area contributed by atoms with Gasteiger partial charge in [0.2, 0.25) is 0 Å². The van der Waals surface area contributed by atoms with Crippen molar-refractivity contribution in [2.24, 2.45) is 0 Å². The lowest BCUT2D eigenvalue weighted by Crippen LogP contribution is -2.17. The molecule has 0 N–H and O–H groups in total. The molecule has 0 atom stereocenters. The molecule has 40 heavy (non-hydrogen) atoms. The Morgan fingerprint density at radius 3 is 1.12 bits per heavy atom. The van der Waals surface area contributed by atoms with Crippen molar-refractivity contribution in [2.45, 2.75) is 53.4 Å². The van der Waals surface area contributed by atoms with E-state index in [1.165, 1.54) is 22.3 Å². The van der Waals surface area contributed by atoms with Gasteiger partial charge in [-0.3, -0.25) is 9.80 Å². The van der Waals surface area contributed by atoms with Crippen LogP contribution in [-0.4, -0.2) is 15.0 Å². The van der Waals surface area contributed by atoms with Crippen molar-refractivity contribution < 1.29 is 0 Å². The molecule has 0 saturated heterocycles. The molecule has 0 saturated carbocycles. The molecule has 5 heteroatoms. The number of aryl methyl sites for hydroxylation is 4. The summed E-state index contributed by atoms with van der Waals surface area (Å²) in [5, 5.41) is 0. The van der Waals surface area contributed by atoms with Crippen molar-refractivity contribution in [3.05, 3.63) is 126 Å². The molecular formula is C35H37N5. The average molecular weight is 528 g/mol. The van der Waals surface area contributed by atoms with E-state index in [4.69, 9.17) is 15.0 Å². The first-order valence-electron chi connectivity index (χ1n) is 14.3. The van der Waals surface area contributed by atoms with Crippen LogP contribution in [0.5, 0.6) is 0 Å². The van der Waals surface area contributed by atoms with Gasteiger partial charge in [0.15, 0.2) is 0 Å². The number of nitrogens with zero attached hydrogens (tertiary/aromatic N) is 5. The standard InChI is InChI=1S/C35H37N5/c1-5-26-12-18-30(19-13-26)39(32-22-16-28(7-3)24-36-32)34-10-9-11-35(38-34)40(31-20-14-27(6-2)15-21-31)33-23-17-29(8-4)25-37-33/h9-25H,5-8H2,1-4H3. The third-order valence-electron chi connectivity index (χ3n) is 7.28. The predicted molar refractivity (Wildman–Crippen MR) is 167 cm³/mol. The summed E-state index contributed by atoms with van der Waals surface area (Å²) in [6, 6.07) is 31.9. The van der Waals surface area contributed by atoms with Crippen molar-refractivity contribution in [3.63, 3.8) is 0 Å². The Labute approximate surface area is 238 Å². The highest BCUT2D eigenvalue weighted by molar-refractivity contribution is 5.77. The van der Waals surface area contributed by atoms with Gasteiger partial charge in [0.25, 0.3) is 0 Å². The fourth-order valence-electron chi connectivity index (χ4n) is 4.70. The fraction of sp³-hybridized carbons (Fsp3) is 0.229. The van der Waals surface area contributed by atoms with Crippen LogP contribution in [0, 0.1) is 0 Å². The van der Waals surface area contributed by atoms with E-state index in [9.17, 15) is 0 Å². The molecule has 0 radical (unpaired) electrons. The minimum atomic E-state index is 0.791. The van der Waals surface area contributed by atoms with E-state index < -0.39 is 0 Å². The Morgan fingerprint density at radius 2 is 0.800 bits per heavy atom. The zero-order valence-corrected chi connectivity index (χ0v) is 23.9. The van der Waals surface area contributed by atoms with Gasteiger partial charge in [-0.15, -0.1) is 0 Å². The van der Waals surface area contributed by atoms with Gasteiger partial charge < -0.3 is 0 Å². The topological polar surface area (TPSA) is 45.2 Å². The maximum absolute atomic E-state index is 5.22. The molecule has 0 fully saturated rings. The largest absolute Gasteiger partial charge is 0.279 e. The van der Waals surface area contributed by atoms with Gasteiger partial charge in [-0.25, -0.2) is 15.0 Å². The van der Waals surface area contributed by atoms with Crippen molar-refractivity contribution >= 4 is 34.6 Å². The molecule has 2 aromatic carbocycles. The lowest BCUT2D eigenvalue weighted by Gasteiger charge is -2.27. The van der Waals surface area contributed by atoms with Gasteiger partial charge in [-0.1, -0.05) is 70.2 Å². The lowest BCUT2D eigenvalue weighted by molar-refractivity contribution is 1.05. The fourth-order valence-corrected chi connectivity index (χ4v) is 4.70. The van der Waals surface area contributed by atoms with Gasteiger partial charge >= 0.3 is 0 Å². The Hall–Kier alpha value is -4.51. The van der Waals surface area contributed by atoms with Crippen molar-refractivity contribution in [2.75, 3.05) is 9.80 Å². The van der Waals surface area contributed by atoms with Crippen LogP contribution in [0.4, 0.5) is 34.6 Å². The minimum absolute atomic E-state index is 0.791. The number of hydrogen-bond acceptors (Lipinski definition) is 5. The molecule has 5 nitrogen and oxygen atoms in total. The van der Waals surface area contributed by atoms with E-state index in [-0.39, 0.29) is 0 Å². The zero-order chi connectivity index (χ0) is 27.9. The van der Waals surface area contributed by atoms with E-state index in [0.29, 0.717) is 0 Å². The smallest absolute Gasteiger partial charge is 0.141 e. The van der Waals surface area contributed by atoms with E-state index in [2.05, 4.69) is 116 Å². The summed E-state index contributed by atoms with van der Waals surface area (Å²) in [5.74, 6) is 3.24. The number of benzene rings is 2. The quantitative estimate of drug-likeness (QED) is 0.181. The highest BCUT2D eigenvalue weighted by atomic mass is 15.3. The number of aromatic nitrogens is 3. The second-order valence-electron chi connectivity index (χ2n) is 9.82. The molecule has 0 aliphatic rings. The molecule has 0 bridgehead atoms. The van der Waals surface area contributed by atoms with E-state index in [1.54, 1.807) is 0 Å². The molecule has 0 unspecified atom stereocenters. The van der Waals surface area contributed by atoms with Gasteiger partial charge in [-0.2, -0.15) is 0 Å². The van der Waals surface area contributed by atoms with Crippen molar-refractivity contribution in [1.82, 2.24) is 15.0 Å². The second kappa shape index (κ2) is 12.6. The first-order chi connectivity index (χ1) is 19.6. The second-order valence-corrected chi connectivity index (χ2v) is 9.82. The summed E-state index contributed by atoms with van der Waals surface area (Å²) in [6.07, 6.45) is 7.78. The maximum Gasteiger partial charge on any atom is 0.141 e. The summed E-state index contributed by atoms with van der Waals surface area (Å²) in [7, 11) is 0. The first-order valence-corrected chi connectivity index (χ1v) is 14.3. The van der Waals surface area contributed by atoms with E-state index >= 15 is 0 Å². The summed E-state index contributed by atoms with van der Waals surface area (Å²) in [6.45, 7) is 8.63. The van der Waals surface area contributed by atoms with Crippen LogP contribution in [0.1, 0.15) is 49.9 Å². The van der Waals surface area contributed by atoms with E-state index in [1.807, 2.05) is 24.5 Å². The van der Waals surface area contributed by atoms with Crippen LogP contribution < -0.4 is 9.80 Å². The van der Waals surface area contributed by atoms with Crippen LogP contribution in [0.3, 0.4) is 0 Å². The Bertz CT molecular complexity index is 1300. The molecule has 0 aliphatic carbocycles. The van der Waals surface area contributed by atoms with Crippen molar-refractivity contribution in [3.8, 4) is 0 Å². The van der Waals surface area contributed by atoms with Crippen LogP contribution in [0.15, 0.2) is 103 Å². The maximum atomic E-state index is 5.22.